The molecule has 2 heterocycles. The number of nitrogens with zero attached hydrogens (tertiary/aromatic N) is 2. The van der Waals surface area contributed by atoms with E-state index in [0.717, 1.165) is 6.42 Å². The number of ether oxygens (including phenoxy) is 1. The van der Waals surface area contributed by atoms with E-state index in [1.54, 1.807) is 6.92 Å². The lowest BCUT2D eigenvalue weighted by molar-refractivity contribution is -0.00278. The molecular formula is C11H18N4O2. The van der Waals surface area contributed by atoms with Crippen LogP contribution in [0.3, 0.4) is 0 Å². The Kier molecular flexibility index (Phi) is 3.33. The summed E-state index contributed by atoms with van der Waals surface area (Å²) in [6.07, 6.45) is 0.878. The molecular weight excluding hydrogens is 220 g/mol. The fourth-order valence-corrected chi connectivity index (χ4v) is 2.12. The van der Waals surface area contributed by atoms with Gasteiger partial charge >= 0.3 is 0 Å². The fourth-order valence-electron chi connectivity index (χ4n) is 2.12. The number of hydrogen-bond donors (Lipinski definition) is 2. The number of aryl methyl sites for hydroxylation is 1. The number of morpholine rings is 1. The van der Waals surface area contributed by atoms with Gasteiger partial charge < -0.3 is 15.4 Å². The summed E-state index contributed by atoms with van der Waals surface area (Å²) in [5.41, 5.74) is 6.92. The lowest BCUT2D eigenvalue weighted by Crippen LogP contribution is -2.48. The average molecular weight is 238 g/mol. The van der Waals surface area contributed by atoms with Gasteiger partial charge in [-0.2, -0.15) is 5.10 Å². The van der Waals surface area contributed by atoms with Gasteiger partial charge in [0.25, 0.3) is 5.91 Å². The number of hydrogen-bond acceptors (Lipinski definition) is 4. The molecule has 1 aliphatic rings. The Morgan fingerprint density at radius 2 is 2.47 bits per heavy atom. The van der Waals surface area contributed by atoms with E-state index in [-0.39, 0.29) is 17.8 Å². The number of nitrogens with one attached hydrogen (secondary N) is 1. The Bertz CT molecular complexity index is 396. The van der Waals surface area contributed by atoms with Gasteiger partial charge in [0.1, 0.15) is 5.56 Å². The van der Waals surface area contributed by atoms with Crippen LogP contribution in [0.1, 0.15) is 29.4 Å². The van der Waals surface area contributed by atoms with E-state index in [4.69, 9.17) is 10.5 Å². The number of aromatic amines is 1. The van der Waals surface area contributed by atoms with Crippen LogP contribution in [0.25, 0.3) is 0 Å². The molecule has 3 N–H and O–H groups in total. The molecule has 2 rings (SSSR count). The standard InChI is InChI=1S/C11H18N4O2/c1-3-8-6-17-5-4-15(8)11(16)9-7(2)13-14-10(9)12/h8H,3-6H2,1-2H3,(H3,12,13,14). The second kappa shape index (κ2) is 4.75. The minimum absolute atomic E-state index is 0.0519. The van der Waals surface area contributed by atoms with Crippen molar-refractivity contribution in [3.05, 3.63) is 11.3 Å². The van der Waals surface area contributed by atoms with Gasteiger partial charge in [0.2, 0.25) is 0 Å². The molecule has 94 valence electrons. The molecule has 1 fully saturated rings. The topological polar surface area (TPSA) is 84.2 Å². The lowest BCUT2D eigenvalue weighted by Gasteiger charge is -2.35. The molecule has 17 heavy (non-hydrogen) atoms. The normalized spacial score (nSPS) is 20.6. The first-order chi connectivity index (χ1) is 8.15. The minimum Gasteiger partial charge on any atom is -0.382 e. The van der Waals surface area contributed by atoms with Gasteiger partial charge in [0.15, 0.2) is 5.82 Å². The number of nitrogen functional groups attached to an aromatic ring is 1. The maximum Gasteiger partial charge on any atom is 0.259 e. The van der Waals surface area contributed by atoms with Gasteiger partial charge in [0.05, 0.1) is 19.3 Å². The summed E-state index contributed by atoms with van der Waals surface area (Å²) in [5.74, 6) is 0.220. The molecule has 1 aliphatic heterocycles. The highest BCUT2D eigenvalue weighted by atomic mass is 16.5. The second-order valence-electron chi connectivity index (χ2n) is 4.24. The molecule has 0 saturated carbocycles. The van der Waals surface area contributed by atoms with E-state index in [1.807, 2.05) is 11.8 Å². The number of carbonyl (C=O) groups excluding carboxylic acids is 1. The first-order valence-corrected chi connectivity index (χ1v) is 5.84. The van der Waals surface area contributed by atoms with Crippen molar-refractivity contribution in [1.82, 2.24) is 15.1 Å². The van der Waals surface area contributed by atoms with E-state index >= 15 is 0 Å². The molecule has 0 aliphatic carbocycles. The molecule has 0 bridgehead atoms. The van der Waals surface area contributed by atoms with Crippen LogP contribution < -0.4 is 5.73 Å². The van der Waals surface area contributed by atoms with Crippen LogP contribution in [0.2, 0.25) is 0 Å². The summed E-state index contributed by atoms with van der Waals surface area (Å²) in [6, 6.07) is 0.130. The maximum absolute atomic E-state index is 12.4. The summed E-state index contributed by atoms with van der Waals surface area (Å²) in [4.78, 5) is 14.2. The number of amides is 1. The summed E-state index contributed by atoms with van der Waals surface area (Å²) in [7, 11) is 0. The van der Waals surface area contributed by atoms with Crippen LogP contribution in [-0.2, 0) is 4.74 Å². The quantitative estimate of drug-likeness (QED) is 0.788. The zero-order valence-corrected chi connectivity index (χ0v) is 10.2. The zero-order valence-electron chi connectivity index (χ0n) is 10.2. The number of carbonyl (C=O) groups is 1. The smallest absolute Gasteiger partial charge is 0.259 e. The third-order valence-electron chi connectivity index (χ3n) is 3.15. The number of aromatic nitrogens is 2. The van der Waals surface area contributed by atoms with E-state index < -0.39 is 0 Å². The third kappa shape index (κ3) is 2.12. The Labute approximate surface area is 100 Å². The molecule has 1 amide bonds. The van der Waals surface area contributed by atoms with Gasteiger partial charge in [-0.15, -0.1) is 0 Å². The molecule has 0 radical (unpaired) electrons. The van der Waals surface area contributed by atoms with Gasteiger partial charge in [-0.1, -0.05) is 6.92 Å². The SMILES string of the molecule is CCC1COCCN1C(=O)c1c(N)n[nH]c1C. The molecule has 0 aromatic carbocycles. The van der Waals surface area contributed by atoms with Crippen LogP contribution >= 0.6 is 0 Å². The molecule has 0 spiro atoms. The van der Waals surface area contributed by atoms with Crippen molar-refractivity contribution in [3.63, 3.8) is 0 Å². The number of H-pyrrole nitrogens is 1. The van der Waals surface area contributed by atoms with Gasteiger partial charge in [-0.25, -0.2) is 0 Å². The molecule has 1 aromatic rings. The van der Waals surface area contributed by atoms with Crippen molar-refractivity contribution in [2.45, 2.75) is 26.3 Å². The van der Waals surface area contributed by atoms with Crippen molar-refractivity contribution in [1.29, 1.82) is 0 Å². The summed E-state index contributed by atoms with van der Waals surface area (Å²) in [5, 5.41) is 6.59. The molecule has 1 saturated heterocycles. The number of anilines is 1. The lowest BCUT2D eigenvalue weighted by atomic mass is 10.1. The molecule has 1 unspecified atom stereocenters. The Morgan fingerprint density at radius 3 is 3.06 bits per heavy atom. The van der Waals surface area contributed by atoms with E-state index in [2.05, 4.69) is 10.2 Å². The summed E-state index contributed by atoms with van der Waals surface area (Å²) >= 11 is 0. The first-order valence-electron chi connectivity index (χ1n) is 5.84. The van der Waals surface area contributed by atoms with Crippen LogP contribution in [-0.4, -0.2) is 46.8 Å². The first kappa shape index (κ1) is 11.9. The van der Waals surface area contributed by atoms with Gasteiger partial charge in [-0.3, -0.25) is 9.89 Å². The molecule has 1 atom stereocenters. The zero-order chi connectivity index (χ0) is 12.4. The van der Waals surface area contributed by atoms with E-state index in [9.17, 15) is 4.79 Å². The summed E-state index contributed by atoms with van der Waals surface area (Å²) < 4.78 is 5.38. The maximum atomic E-state index is 12.4. The molecule has 1 aromatic heterocycles. The Balaban J connectivity index is 2.24. The predicted molar refractivity (Wildman–Crippen MR) is 63.7 cm³/mol. The highest BCUT2D eigenvalue weighted by Gasteiger charge is 2.29. The van der Waals surface area contributed by atoms with Crippen LogP contribution in [0, 0.1) is 6.92 Å². The predicted octanol–water partition coefficient (Wildman–Crippen LogP) is 0.551. The summed E-state index contributed by atoms with van der Waals surface area (Å²) in [6.45, 7) is 5.64. The highest BCUT2D eigenvalue weighted by molar-refractivity contribution is 5.99. The van der Waals surface area contributed by atoms with Crippen molar-refractivity contribution >= 4 is 11.7 Å². The highest BCUT2D eigenvalue weighted by Crippen LogP contribution is 2.19. The number of rotatable bonds is 2. The second-order valence-corrected chi connectivity index (χ2v) is 4.24. The van der Waals surface area contributed by atoms with Crippen molar-refractivity contribution in [2.75, 3.05) is 25.5 Å². The fraction of sp³-hybridized carbons (Fsp3) is 0.636. The van der Waals surface area contributed by atoms with Crippen LogP contribution in [0.15, 0.2) is 0 Å². The Morgan fingerprint density at radius 1 is 1.71 bits per heavy atom. The number of nitrogens with two attached hydrogens (primary N) is 1. The third-order valence-corrected chi connectivity index (χ3v) is 3.15. The van der Waals surface area contributed by atoms with Crippen LogP contribution in [0.5, 0.6) is 0 Å². The molecule has 6 heteroatoms. The van der Waals surface area contributed by atoms with Crippen molar-refractivity contribution in [3.8, 4) is 0 Å². The largest absolute Gasteiger partial charge is 0.382 e. The average Bonchev–Trinajstić information content (AvgIpc) is 2.68. The van der Waals surface area contributed by atoms with Crippen molar-refractivity contribution < 1.29 is 9.53 Å². The van der Waals surface area contributed by atoms with Crippen molar-refractivity contribution in [2.24, 2.45) is 0 Å². The Hall–Kier alpha value is -1.56. The van der Waals surface area contributed by atoms with Gasteiger partial charge in [0, 0.05) is 12.2 Å². The minimum atomic E-state index is -0.0519. The van der Waals surface area contributed by atoms with E-state index in [0.29, 0.717) is 31.0 Å². The van der Waals surface area contributed by atoms with Crippen LogP contribution in [0.4, 0.5) is 5.82 Å². The van der Waals surface area contributed by atoms with Gasteiger partial charge in [-0.05, 0) is 13.3 Å². The van der Waals surface area contributed by atoms with E-state index in [1.165, 1.54) is 0 Å². The monoisotopic (exact) mass is 238 g/mol. The molecule has 6 nitrogen and oxygen atoms in total.